The Bertz CT molecular complexity index is 1150. The van der Waals surface area contributed by atoms with Crippen molar-refractivity contribution < 1.29 is 44.5 Å². The van der Waals surface area contributed by atoms with Crippen LogP contribution in [0.3, 0.4) is 0 Å². The van der Waals surface area contributed by atoms with Crippen molar-refractivity contribution in [2.45, 2.75) is 132 Å². The molecule has 1 aromatic rings. The normalized spacial score (nSPS) is 51.5. The maximum Gasteiger partial charge on any atom is 0.335 e. The lowest BCUT2D eigenvalue weighted by Gasteiger charge is -2.67. The standard InChI is InChI=1S/C31H46O10/c1-3-29-11-6-18(40-27-26(36)25(35)24(34)22(15-32)41-27)14-30(29,37)12-8-21-20(29)7-10-28(2)19(9-13-31(21,28)38)17-4-5-23(33)39-16-17/h4-5,16,18-22,24-27,32,34-38H,3,6-15H2,1-2H3/t18-,19+,20-,21+,22+,24+,25-,26+,27?,28+,29+,30?,31-/m0/s1. The fourth-order valence-electron chi connectivity index (χ4n) is 10.3. The summed E-state index contributed by atoms with van der Waals surface area (Å²) in [6, 6.07) is 3.29. The van der Waals surface area contributed by atoms with E-state index in [2.05, 4.69) is 13.8 Å². The molecule has 1 aromatic heterocycles. The molecule has 41 heavy (non-hydrogen) atoms. The second kappa shape index (κ2) is 10.4. The van der Waals surface area contributed by atoms with Crippen molar-refractivity contribution in [1.82, 2.24) is 0 Å². The Balaban J connectivity index is 1.22. The second-order valence-corrected chi connectivity index (χ2v) is 13.9. The fourth-order valence-corrected chi connectivity index (χ4v) is 10.3. The minimum Gasteiger partial charge on any atom is -0.431 e. The molecule has 0 radical (unpaired) electrons. The molecule has 0 bridgehead atoms. The van der Waals surface area contributed by atoms with E-state index in [-0.39, 0.29) is 34.2 Å². The zero-order valence-electron chi connectivity index (χ0n) is 24.0. The van der Waals surface area contributed by atoms with Crippen LogP contribution in [0, 0.1) is 22.7 Å². The zero-order valence-corrected chi connectivity index (χ0v) is 24.0. The summed E-state index contributed by atoms with van der Waals surface area (Å²) < 4.78 is 16.9. The van der Waals surface area contributed by atoms with Crippen molar-refractivity contribution >= 4 is 0 Å². The summed E-state index contributed by atoms with van der Waals surface area (Å²) in [4.78, 5) is 11.6. The molecule has 2 heterocycles. The van der Waals surface area contributed by atoms with E-state index in [0.29, 0.717) is 38.5 Å². The first kappa shape index (κ1) is 29.7. The lowest BCUT2D eigenvalue weighted by molar-refractivity contribution is -0.325. The van der Waals surface area contributed by atoms with Crippen LogP contribution >= 0.6 is 0 Å². The molecule has 0 spiro atoms. The Labute approximate surface area is 240 Å². The van der Waals surface area contributed by atoms with Crippen molar-refractivity contribution in [1.29, 1.82) is 0 Å². The van der Waals surface area contributed by atoms with Crippen molar-refractivity contribution in [2.24, 2.45) is 22.7 Å². The number of hydrogen-bond acceptors (Lipinski definition) is 10. The van der Waals surface area contributed by atoms with Crippen LogP contribution in [0.2, 0.25) is 0 Å². The van der Waals surface area contributed by atoms with E-state index in [4.69, 9.17) is 13.9 Å². The van der Waals surface area contributed by atoms with Gasteiger partial charge in [0.25, 0.3) is 0 Å². The van der Waals surface area contributed by atoms with Crippen LogP contribution in [0.1, 0.15) is 89.5 Å². The van der Waals surface area contributed by atoms with E-state index >= 15 is 0 Å². The van der Waals surface area contributed by atoms with E-state index in [0.717, 1.165) is 31.2 Å². The highest BCUT2D eigenvalue weighted by molar-refractivity contribution is 5.28. The third kappa shape index (κ3) is 4.23. The molecule has 0 amide bonds. The van der Waals surface area contributed by atoms with Crippen LogP contribution in [0.4, 0.5) is 0 Å². The topological polar surface area (TPSA) is 170 Å². The highest BCUT2D eigenvalue weighted by Crippen LogP contribution is 2.72. The molecule has 2 unspecified atom stereocenters. The summed E-state index contributed by atoms with van der Waals surface area (Å²) in [6.45, 7) is 3.80. The van der Waals surface area contributed by atoms with Crippen LogP contribution in [-0.2, 0) is 9.47 Å². The molecule has 1 saturated heterocycles. The van der Waals surface area contributed by atoms with Gasteiger partial charge in [0.2, 0.25) is 0 Å². The van der Waals surface area contributed by atoms with Crippen LogP contribution in [0.5, 0.6) is 0 Å². The molecule has 4 saturated carbocycles. The SMILES string of the molecule is CC[C@]12CC[C@H](OC3O[C@H](CO)[C@@H](O)[C@H](O)[C@H]3O)CC1(O)CC[C@@H]1[C@@H]2CC[C@]2(C)[C@@H](c3ccc(=O)oc3)CC[C@]12O. The average Bonchev–Trinajstić information content (AvgIpc) is 3.24. The summed E-state index contributed by atoms with van der Waals surface area (Å²) in [7, 11) is 0. The van der Waals surface area contributed by atoms with E-state index < -0.39 is 54.6 Å². The molecule has 13 atom stereocenters. The number of ether oxygens (including phenoxy) is 2. The van der Waals surface area contributed by atoms with Gasteiger partial charge in [-0.25, -0.2) is 4.79 Å². The van der Waals surface area contributed by atoms with Gasteiger partial charge in [-0.3, -0.25) is 0 Å². The maximum atomic E-state index is 12.5. The van der Waals surface area contributed by atoms with Crippen LogP contribution in [0.15, 0.2) is 27.6 Å². The zero-order chi connectivity index (χ0) is 29.4. The molecular formula is C31H46O10. The van der Waals surface area contributed by atoms with Gasteiger partial charge in [-0.2, -0.15) is 0 Å². The highest BCUT2D eigenvalue weighted by atomic mass is 16.7. The third-order valence-electron chi connectivity index (χ3n) is 12.6. The van der Waals surface area contributed by atoms with Gasteiger partial charge >= 0.3 is 5.63 Å². The Kier molecular flexibility index (Phi) is 7.51. The molecule has 230 valence electrons. The summed E-state index contributed by atoms with van der Waals surface area (Å²) in [6.07, 6.45) is 1.28. The predicted octanol–water partition coefficient (Wildman–Crippen LogP) is 1.57. The number of hydrogen-bond donors (Lipinski definition) is 6. The first-order chi connectivity index (χ1) is 19.4. The smallest absolute Gasteiger partial charge is 0.335 e. The quantitative estimate of drug-likeness (QED) is 0.282. The predicted molar refractivity (Wildman–Crippen MR) is 146 cm³/mol. The molecule has 0 aromatic carbocycles. The van der Waals surface area contributed by atoms with Crippen LogP contribution in [0.25, 0.3) is 0 Å². The third-order valence-corrected chi connectivity index (χ3v) is 12.6. The Morgan fingerprint density at radius 1 is 0.951 bits per heavy atom. The van der Waals surface area contributed by atoms with Crippen molar-refractivity contribution in [3.63, 3.8) is 0 Å². The fraction of sp³-hybridized carbons (Fsp3) is 0.839. The summed E-state index contributed by atoms with van der Waals surface area (Å²) in [5.41, 5.74) is -2.07. The monoisotopic (exact) mass is 578 g/mol. The van der Waals surface area contributed by atoms with Gasteiger partial charge in [-0.05, 0) is 87.2 Å². The second-order valence-electron chi connectivity index (χ2n) is 13.9. The van der Waals surface area contributed by atoms with E-state index in [1.807, 2.05) is 6.07 Å². The Morgan fingerprint density at radius 2 is 1.71 bits per heavy atom. The van der Waals surface area contributed by atoms with Gasteiger partial charge in [0.05, 0.1) is 30.2 Å². The maximum absolute atomic E-state index is 12.5. The van der Waals surface area contributed by atoms with Gasteiger partial charge < -0.3 is 44.5 Å². The highest BCUT2D eigenvalue weighted by Gasteiger charge is 2.70. The van der Waals surface area contributed by atoms with E-state index in [9.17, 15) is 35.4 Å². The molecule has 6 N–H and O–H groups in total. The summed E-state index contributed by atoms with van der Waals surface area (Å²) in [5, 5.41) is 65.2. The van der Waals surface area contributed by atoms with Crippen LogP contribution < -0.4 is 5.63 Å². The van der Waals surface area contributed by atoms with Crippen LogP contribution in [-0.4, -0.2) is 85.3 Å². The lowest BCUT2D eigenvalue weighted by Crippen LogP contribution is -2.68. The minimum absolute atomic E-state index is 0.0464. The van der Waals surface area contributed by atoms with E-state index in [1.165, 1.54) is 6.07 Å². The average molecular weight is 579 g/mol. The summed E-state index contributed by atoms with van der Waals surface area (Å²) in [5.74, 6) is 0.286. The molecule has 5 fully saturated rings. The molecule has 1 aliphatic heterocycles. The Morgan fingerprint density at radius 3 is 2.39 bits per heavy atom. The Hall–Kier alpha value is -1.37. The van der Waals surface area contributed by atoms with E-state index in [1.54, 1.807) is 6.26 Å². The summed E-state index contributed by atoms with van der Waals surface area (Å²) >= 11 is 0. The largest absolute Gasteiger partial charge is 0.431 e. The first-order valence-corrected chi connectivity index (χ1v) is 15.4. The number of fused-ring (bicyclic) bond motifs is 5. The first-order valence-electron chi connectivity index (χ1n) is 15.4. The molecule has 5 aliphatic rings. The van der Waals surface area contributed by atoms with Gasteiger partial charge in [-0.15, -0.1) is 0 Å². The minimum atomic E-state index is -1.51. The van der Waals surface area contributed by atoms with Gasteiger partial charge in [0.1, 0.15) is 24.4 Å². The van der Waals surface area contributed by atoms with Crippen molar-refractivity contribution in [3.8, 4) is 0 Å². The molecule has 6 rings (SSSR count). The van der Waals surface area contributed by atoms with Gasteiger partial charge in [0, 0.05) is 23.3 Å². The number of aliphatic hydroxyl groups is 6. The van der Waals surface area contributed by atoms with Crippen molar-refractivity contribution in [2.75, 3.05) is 6.61 Å². The lowest BCUT2D eigenvalue weighted by atomic mass is 9.41. The molecule has 10 nitrogen and oxygen atoms in total. The number of aliphatic hydroxyl groups excluding tert-OH is 4. The van der Waals surface area contributed by atoms with Gasteiger partial charge in [-0.1, -0.05) is 13.8 Å². The van der Waals surface area contributed by atoms with Gasteiger partial charge in [0.15, 0.2) is 6.29 Å². The molecule has 4 aliphatic carbocycles. The number of rotatable bonds is 5. The molecule has 10 heteroatoms. The van der Waals surface area contributed by atoms with Crippen molar-refractivity contribution in [3.05, 3.63) is 34.4 Å². The molecular weight excluding hydrogens is 532 g/mol.